The first-order valence-corrected chi connectivity index (χ1v) is 30.0. The van der Waals surface area contributed by atoms with Crippen molar-refractivity contribution in [3.8, 4) is 23.0 Å². The van der Waals surface area contributed by atoms with Crippen molar-refractivity contribution < 1.29 is 109 Å². The lowest BCUT2D eigenvalue weighted by Crippen LogP contribution is -2.48. The van der Waals surface area contributed by atoms with Gasteiger partial charge in [-0.3, -0.25) is 19.0 Å². The summed E-state index contributed by atoms with van der Waals surface area (Å²) in [7, 11) is -13.3. The first-order chi connectivity index (χ1) is 39.0. The summed E-state index contributed by atoms with van der Waals surface area (Å²) in [6.45, 7) is -4.59. The molecule has 5 aromatic rings. The van der Waals surface area contributed by atoms with Crippen LogP contribution in [-0.2, 0) is 74.9 Å². The fourth-order valence-electron chi connectivity index (χ4n) is 9.07. The number of anilines is 1. The number of rotatable bonds is 20. The highest BCUT2D eigenvalue weighted by atomic mass is 35.5. The molecule has 0 saturated heterocycles. The third-order valence-electron chi connectivity index (χ3n) is 13.3. The van der Waals surface area contributed by atoms with E-state index in [1.807, 2.05) is 0 Å². The van der Waals surface area contributed by atoms with Gasteiger partial charge in [-0.05, 0) is 74.4 Å². The van der Waals surface area contributed by atoms with Gasteiger partial charge in [-0.15, -0.1) is 0 Å². The standard InChI is InChI=1S/C48H47ClF10N9O14PS2/c1-45(2,84(4,77)78)12-10-27-6-7-28(38(60-27)33(18-24-16-25(50)19-26(51)17-24)61-34(69)21-66-41-36(40(62-66)48(57,58)59)30-20-31(30)47(41,55)56)29-8-9-32(49)37-39(29)67(22-46(52,53)54)63-42(37)68(85(5,79)80)43(72)64(3)14-15-65(13-11-35(70)71)44(73)81-23-82-83(74,75)76/h6-9,16-17,19,30-31,33H,11,13-15,18,20-23H2,1-5H3,(H,61,69)(H,70,71)(H2,74,75,76)/t30-,31+,33?/m0/s1. The number of carbonyl (C=O) groups excluding carboxylic acids is 3. The van der Waals surface area contributed by atoms with Gasteiger partial charge in [-0.25, -0.2) is 49.3 Å². The summed E-state index contributed by atoms with van der Waals surface area (Å²) in [5.74, 6) is -8.07. The number of alkyl halides is 8. The van der Waals surface area contributed by atoms with E-state index < -0.39 is 212 Å². The second kappa shape index (κ2) is 23.6. The van der Waals surface area contributed by atoms with E-state index in [4.69, 9.17) is 21.4 Å². The number of fused-ring (bicyclic) bond motifs is 4. The largest absolute Gasteiger partial charge is 0.481 e. The van der Waals surface area contributed by atoms with Gasteiger partial charge in [0.25, 0.3) is 5.92 Å². The summed E-state index contributed by atoms with van der Waals surface area (Å²) in [6, 6.07) is 2.60. The van der Waals surface area contributed by atoms with Crippen molar-refractivity contribution in [1.29, 1.82) is 0 Å². The number of phosphoric ester groups is 1. The van der Waals surface area contributed by atoms with Crippen molar-refractivity contribution in [2.75, 3.05) is 50.3 Å². The molecule has 1 fully saturated rings. The van der Waals surface area contributed by atoms with E-state index in [1.54, 1.807) is 0 Å². The lowest BCUT2D eigenvalue weighted by molar-refractivity contribution is -0.143. The van der Waals surface area contributed by atoms with Gasteiger partial charge in [0, 0.05) is 61.6 Å². The lowest BCUT2D eigenvalue weighted by Gasteiger charge is -2.28. The number of urea groups is 1. The number of sulfonamides is 1. The van der Waals surface area contributed by atoms with Crippen LogP contribution in [0.4, 0.5) is 59.3 Å². The van der Waals surface area contributed by atoms with Crippen molar-refractivity contribution in [2.24, 2.45) is 5.92 Å². The molecule has 0 spiro atoms. The van der Waals surface area contributed by atoms with Crippen LogP contribution in [0.25, 0.3) is 22.0 Å². The Labute approximate surface area is 480 Å². The van der Waals surface area contributed by atoms with Crippen LogP contribution in [0.5, 0.6) is 0 Å². The molecule has 0 radical (unpaired) electrons. The number of phosphoric acid groups is 1. The highest BCUT2D eigenvalue weighted by Gasteiger charge is 2.68. The molecule has 2 aromatic carbocycles. The van der Waals surface area contributed by atoms with Gasteiger partial charge >= 0.3 is 38.3 Å². The number of amides is 4. The van der Waals surface area contributed by atoms with Crippen LogP contribution < -0.4 is 9.62 Å². The van der Waals surface area contributed by atoms with Crippen molar-refractivity contribution >= 4 is 80.0 Å². The Balaban J connectivity index is 1.41. The van der Waals surface area contributed by atoms with Gasteiger partial charge in [0.2, 0.25) is 22.7 Å². The van der Waals surface area contributed by atoms with Gasteiger partial charge in [0.15, 0.2) is 21.3 Å². The van der Waals surface area contributed by atoms with Gasteiger partial charge in [0.05, 0.1) is 40.3 Å². The van der Waals surface area contributed by atoms with Gasteiger partial charge in [-0.2, -0.15) is 49.6 Å². The summed E-state index contributed by atoms with van der Waals surface area (Å²) in [4.78, 5) is 76.5. The fourth-order valence-corrected chi connectivity index (χ4v) is 10.6. The fraction of sp³-hybridized carbons (Fsp3) is 0.438. The highest BCUT2D eigenvalue weighted by Crippen LogP contribution is 2.68. The van der Waals surface area contributed by atoms with Crippen LogP contribution in [-0.4, -0.2) is 147 Å². The van der Waals surface area contributed by atoms with E-state index >= 15 is 8.78 Å². The van der Waals surface area contributed by atoms with Crippen molar-refractivity contribution in [1.82, 2.24) is 39.7 Å². The van der Waals surface area contributed by atoms with Crippen molar-refractivity contribution in [3.05, 3.63) is 93.0 Å². The molecule has 3 atom stereocenters. The predicted octanol–water partition coefficient (Wildman–Crippen LogP) is 7.09. The van der Waals surface area contributed by atoms with Crippen LogP contribution in [0.1, 0.15) is 72.6 Å². The number of nitrogens with one attached hydrogen (secondary N) is 1. The Morgan fingerprint density at radius 2 is 1.58 bits per heavy atom. The van der Waals surface area contributed by atoms with Crippen LogP contribution in [0.3, 0.4) is 0 Å². The second-order valence-electron chi connectivity index (χ2n) is 20.0. The first kappa shape index (κ1) is 65.5. The van der Waals surface area contributed by atoms with E-state index in [2.05, 4.69) is 41.6 Å². The molecule has 2 aliphatic carbocycles. The third-order valence-corrected chi connectivity index (χ3v) is 17.0. The smallest absolute Gasteiger partial charge is 0.472 e. The van der Waals surface area contributed by atoms with Crippen LogP contribution in [0.15, 0.2) is 42.5 Å². The molecule has 462 valence electrons. The average molecular weight is 1290 g/mol. The Morgan fingerprint density at radius 3 is 2.15 bits per heavy atom. The molecule has 23 nitrogen and oxygen atoms in total. The van der Waals surface area contributed by atoms with Crippen LogP contribution in [0, 0.1) is 29.4 Å². The molecule has 3 aromatic heterocycles. The maximum absolute atomic E-state index is 15.7. The number of pyridine rings is 1. The minimum absolute atomic E-state index is 0.0994. The molecule has 2 aliphatic rings. The number of likely N-dealkylation sites (N-methyl/N-ethyl adjacent to an activating group) is 1. The molecule has 7 rings (SSSR count). The summed E-state index contributed by atoms with van der Waals surface area (Å²) in [5.41, 5.74) is -6.63. The number of carboxylic acids is 1. The number of ether oxygens (including phenoxy) is 1. The number of hydrogen-bond acceptors (Lipinski definition) is 14. The molecule has 0 aliphatic heterocycles. The molecular formula is C48H47ClF10N9O14PS2. The number of carbonyl (C=O) groups is 4. The predicted molar refractivity (Wildman–Crippen MR) is 276 cm³/mol. The molecule has 85 heavy (non-hydrogen) atoms. The second-order valence-corrected chi connectivity index (χ2v) is 26.1. The van der Waals surface area contributed by atoms with E-state index in [9.17, 15) is 80.8 Å². The highest BCUT2D eigenvalue weighted by molar-refractivity contribution is 7.93. The quantitative estimate of drug-likeness (QED) is 0.0262. The molecule has 3 heterocycles. The monoisotopic (exact) mass is 1290 g/mol. The zero-order chi connectivity index (χ0) is 63.5. The number of carboxylic acid groups (broad SMARTS) is 1. The number of sulfone groups is 1. The van der Waals surface area contributed by atoms with Crippen LogP contribution in [0.2, 0.25) is 5.02 Å². The van der Waals surface area contributed by atoms with Gasteiger partial charge in [-0.1, -0.05) is 23.6 Å². The molecule has 4 N–H and O–H groups in total. The van der Waals surface area contributed by atoms with Crippen LogP contribution >= 0.6 is 19.4 Å². The summed E-state index contributed by atoms with van der Waals surface area (Å²) in [6.07, 6.45) is -12.6. The molecule has 37 heteroatoms. The number of aliphatic carboxylic acids is 1. The molecule has 4 amide bonds. The maximum atomic E-state index is 15.7. The van der Waals surface area contributed by atoms with E-state index in [0.717, 1.165) is 49.7 Å². The minimum Gasteiger partial charge on any atom is -0.481 e. The molecule has 1 unspecified atom stereocenters. The van der Waals surface area contributed by atoms with Crippen molar-refractivity contribution in [2.45, 2.75) is 81.2 Å². The topological polar surface area (TPSA) is 303 Å². The van der Waals surface area contributed by atoms with Gasteiger partial charge in [0.1, 0.15) is 40.9 Å². The maximum Gasteiger partial charge on any atom is 0.472 e. The van der Waals surface area contributed by atoms with E-state index in [0.29, 0.717) is 22.1 Å². The summed E-state index contributed by atoms with van der Waals surface area (Å²) >= 11 is 6.70. The number of halogens is 11. The van der Waals surface area contributed by atoms with Gasteiger partial charge < -0.3 is 34.7 Å². The van der Waals surface area contributed by atoms with Crippen molar-refractivity contribution in [3.63, 3.8) is 0 Å². The Morgan fingerprint density at radius 1 is 0.941 bits per heavy atom. The molecular weight excluding hydrogens is 1250 g/mol. The zero-order valence-electron chi connectivity index (χ0n) is 44.5. The number of benzene rings is 2. The number of nitrogens with zero attached hydrogens (tertiary/aromatic N) is 8. The Hall–Kier alpha value is -7.09. The lowest BCUT2D eigenvalue weighted by atomic mass is 9.93. The average Bonchev–Trinajstić information content (AvgIpc) is 1.54. The Bertz CT molecular complexity index is 3850. The third kappa shape index (κ3) is 14.9. The summed E-state index contributed by atoms with van der Waals surface area (Å²) in [5, 5.41) is 17.6. The summed E-state index contributed by atoms with van der Waals surface area (Å²) < 4.78 is 220. The zero-order valence-corrected chi connectivity index (χ0v) is 47.8. The van der Waals surface area contributed by atoms with E-state index in [1.165, 1.54) is 13.8 Å². The SMILES string of the molecule is CN(CCN(CCC(=O)O)C(=O)OCOP(=O)(O)O)C(=O)N(c1nn(CC(F)(F)F)c2c(-c3ccc(C#CC(C)(C)S(C)(=O)=O)nc3C(Cc3cc(F)cc(F)c3)NC(=O)Cn3nc(C(F)(F)F)c4c3C(F)(F)[C@@H]3C[C@H]43)ccc(Cl)c12)S(C)(=O)=O. The number of hydrogen-bond donors (Lipinski definition) is 4. The minimum atomic E-state index is -5.28. The molecule has 1 saturated carbocycles. The first-order valence-electron chi connectivity index (χ1n) is 24.4. The van der Waals surface area contributed by atoms with E-state index in [-0.39, 0.29) is 31.3 Å². The number of aromatic nitrogens is 5. The molecule has 0 bridgehead atoms. The Kier molecular flexibility index (Phi) is 18.2. The normalized spacial score (nSPS) is 16.2.